The maximum absolute atomic E-state index is 4.24. The number of rotatable bonds is 8. The molecule has 20 heavy (non-hydrogen) atoms. The zero-order chi connectivity index (χ0) is 14.8. The molecule has 0 amide bonds. The first-order chi connectivity index (χ1) is 9.67. The molecule has 0 radical (unpaired) electrons. The maximum Gasteiger partial charge on any atom is 0.191 e. The molecule has 0 saturated heterocycles. The summed E-state index contributed by atoms with van der Waals surface area (Å²) in [5, 5.41) is 6.69. The normalized spacial score (nSPS) is 12.2. The molecular formula is C15H29N5. The predicted octanol–water partition coefficient (Wildman–Crippen LogP) is 1.38. The Morgan fingerprint density at radius 3 is 2.40 bits per heavy atom. The van der Waals surface area contributed by atoms with E-state index in [2.05, 4.69) is 58.3 Å². The van der Waals surface area contributed by atoms with Crippen LogP contribution in [-0.4, -0.2) is 54.7 Å². The monoisotopic (exact) mass is 279 g/mol. The van der Waals surface area contributed by atoms with Gasteiger partial charge in [-0.3, -0.25) is 9.89 Å². The quantitative estimate of drug-likeness (QED) is 0.558. The third kappa shape index (κ3) is 6.10. The van der Waals surface area contributed by atoms with Crippen LogP contribution in [0.2, 0.25) is 0 Å². The number of nitrogens with zero attached hydrogens (tertiary/aromatic N) is 3. The standard InChI is InChI=1S/C15H29N5/c1-5-20(14(2)3)13-9-18-15(16-4)17-8-12-19-10-6-7-11-19/h6-7,10-11,14H,5,8-9,12-13H2,1-4H3,(H2,16,17,18). The van der Waals surface area contributed by atoms with Crippen molar-refractivity contribution in [1.29, 1.82) is 0 Å². The smallest absolute Gasteiger partial charge is 0.191 e. The average Bonchev–Trinajstić information content (AvgIpc) is 2.94. The van der Waals surface area contributed by atoms with Crippen LogP contribution in [0.1, 0.15) is 20.8 Å². The number of hydrogen-bond acceptors (Lipinski definition) is 2. The van der Waals surface area contributed by atoms with Gasteiger partial charge in [-0.05, 0) is 32.5 Å². The topological polar surface area (TPSA) is 44.6 Å². The van der Waals surface area contributed by atoms with Crippen LogP contribution in [-0.2, 0) is 6.54 Å². The lowest BCUT2D eigenvalue weighted by atomic mass is 10.3. The van der Waals surface area contributed by atoms with Gasteiger partial charge in [0.05, 0.1) is 0 Å². The molecule has 1 aromatic heterocycles. The van der Waals surface area contributed by atoms with Crippen molar-refractivity contribution in [3.05, 3.63) is 24.5 Å². The minimum absolute atomic E-state index is 0.588. The van der Waals surface area contributed by atoms with E-state index in [0.29, 0.717) is 6.04 Å². The van der Waals surface area contributed by atoms with Crippen LogP contribution in [0, 0.1) is 0 Å². The van der Waals surface area contributed by atoms with Crippen LogP contribution in [0.15, 0.2) is 29.5 Å². The van der Waals surface area contributed by atoms with Crippen LogP contribution in [0.25, 0.3) is 0 Å². The van der Waals surface area contributed by atoms with Crippen molar-refractivity contribution in [2.75, 3.05) is 33.2 Å². The molecule has 0 aliphatic carbocycles. The van der Waals surface area contributed by atoms with Gasteiger partial charge in [-0.1, -0.05) is 6.92 Å². The van der Waals surface area contributed by atoms with Gasteiger partial charge in [-0.25, -0.2) is 0 Å². The summed E-state index contributed by atoms with van der Waals surface area (Å²) in [5.74, 6) is 0.872. The molecule has 2 N–H and O–H groups in total. The molecule has 0 fully saturated rings. The Balaban J connectivity index is 2.19. The van der Waals surface area contributed by atoms with Gasteiger partial charge in [0.25, 0.3) is 0 Å². The van der Waals surface area contributed by atoms with Gasteiger partial charge in [0, 0.05) is 51.7 Å². The van der Waals surface area contributed by atoms with Gasteiger partial charge in [0.1, 0.15) is 0 Å². The zero-order valence-electron chi connectivity index (χ0n) is 13.3. The van der Waals surface area contributed by atoms with Crippen LogP contribution >= 0.6 is 0 Å². The van der Waals surface area contributed by atoms with Crippen molar-refractivity contribution >= 4 is 5.96 Å². The zero-order valence-corrected chi connectivity index (χ0v) is 13.3. The number of hydrogen-bond donors (Lipinski definition) is 2. The molecule has 5 heteroatoms. The second kappa shape index (κ2) is 9.42. The summed E-state index contributed by atoms with van der Waals surface area (Å²) in [6.07, 6.45) is 4.14. The van der Waals surface area contributed by atoms with Crippen molar-refractivity contribution in [1.82, 2.24) is 20.1 Å². The highest BCUT2D eigenvalue weighted by atomic mass is 15.2. The molecule has 0 spiro atoms. The van der Waals surface area contributed by atoms with Gasteiger partial charge in [0.2, 0.25) is 0 Å². The number of nitrogens with one attached hydrogen (secondary N) is 2. The number of aliphatic imine (C=N–C) groups is 1. The van der Waals surface area contributed by atoms with Crippen molar-refractivity contribution in [2.45, 2.75) is 33.4 Å². The van der Waals surface area contributed by atoms with Gasteiger partial charge in [-0.2, -0.15) is 0 Å². The highest BCUT2D eigenvalue weighted by molar-refractivity contribution is 5.79. The first kappa shape index (κ1) is 16.6. The average molecular weight is 279 g/mol. The third-order valence-corrected chi connectivity index (χ3v) is 3.38. The molecule has 0 bridgehead atoms. The summed E-state index contributed by atoms with van der Waals surface area (Å²) in [6, 6.07) is 4.67. The molecule has 0 aliphatic rings. The lowest BCUT2D eigenvalue weighted by molar-refractivity contribution is 0.237. The van der Waals surface area contributed by atoms with E-state index in [1.54, 1.807) is 0 Å². The minimum atomic E-state index is 0.588. The van der Waals surface area contributed by atoms with Crippen molar-refractivity contribution in [2.24, 2.45) is 4.99 Å². The van der Waals surface area contributed by atoms with Crippen LogP contribution in [0.4, 0.5) is 0 Å². The van der Waals surface area contributed by atoms with Crippen molar-refractivity contribution in [3.8, 4) is 0 Å². The van der Waals surface area contributed by atoms with Gasteiger partial charge < -0.3 is 15.2 Å². The Morgan fingerprint density at radius 2 is 1.85 bits per heavy atom. The molecule has 0 aromatic carbocycles. The summed E-state index contributed by atoms with van der Waals surface area (Å²) >= 11 is 0. The molecule has 0 unspecified atom stereocenters. The van der Waals surface area contributed by atoms with E-state index in [9.17, 15) is 0 Å². The highest BCUT2D eigenvalue weighted by Gasteiger charge is 2.06. The van der Waals surface area contributed by atoms with Crippen LogP contribution in [0.5, 0.6) is 0 Å². The second-order valence-electron chi connectivity index (χ2n) is 5.07. The fourth-order valence-electron chi connectivity index (χ4n) is 2.14. The molecule has 1 rings (SSSR count). The van der Waals surface area contributed by atoms with Gasteiger partial charge >= 0.3 is 0 Å². The largest absolute Gasteiger partial charge is 0.355 e. The van der Waals surface area contributed by atoms with E-state index in [0.717, 1.165) is 38.7 Å². The molecule has 0 atom stereocenters. The molecule has 1 heterocycles. The summed E-state index contributed by atoms with van der Waals surface area (Å²) in [5.41, 5.74) is 0. The second-order valence-corrected chi connectivity index (χ2v) is 5.07. The Bertz CT molecular complexity index is 370. The maximum atomic E-state index is 4.24. The molecule has 1 aromatic rings. The van der Waals surface area contributed by atoms with Gasteiger partial charge in [-0.15, -0.1) is 0 Å². The number of aromatic nitrogens is 1. The summed E-state index contributed by atoms with van der Waals surface area (Å²) in [6.45, 7) is 11.5. The first-order valence-electron chi connectivity index (χ1n) is 7.46. The molecular weight excluding hydrogens is 250 g/mol. The molecule has 114 valence electrons. The van der Waals surface area contributed by atoms with E-state index in [1.165, 1.54) is 0 Å². The molecule has 5 nitrogen and oxygen atoms in total. The Kier molecular flexibility index (Phi) is 7.80. The first-order valence-corrected chi connectivity index (χ1v) is 7.46. The Labute approximate surface area is 123 Å². The number of guanidine groups is 1. The third-order valence-electron chi connectivity index (χ3n) is 3.38. The Hall–Kier alpha value is -1.49. The fourth-order valence-corrected chi connectivity index (χ4v) is 2.14. The fraction of sp³-hybridized carbons (Fsp3) is 0.667. The van der Waals surface area contributed by atoms with Crippen LogP contribution < -0.4 is 10.6 Å². The highest BCUT2D eigenvalue weighted by Crippen LogP contribution is 1.95. The van der Waals surface area contributed by atoms with Crippen molar-refractivity contribution in [3.63, 3.8) is 0 Å². The SMILES string of the molecule is CCN(CCNC(=NC)NCCn1cccc1)C(C)C. The van der Waals surface area contributed by atoms with E-state index < -0.39 is 0 Å². The van der Waals surface area contributed by atoms with E-state index in [4.69, 9.17) is 0 Å². The summed E-state index contributed by atoms with van der Waals surface area (Å²) in [7, 11) is 1.81. The Morgan fingerprint density at radius 1 is 1.20 bits per heavy atom. The predicted molar refractivity (Wildman–Crippen MR) is 86.2 cm³/mol. The van der Waals surface area contributed by atoms with E-state index in [-0.39, 0.29) is 0 Å². The van der Waals surface area contributed by atoms with E-state index >= 15 is 0 Å². The lowest BCUT2D eigenvalue weighted by Crippen LogP contribution is -2.43. The van der Waals surface area contributed by atoms with Crippen molar-refractivity contribution < 1.29 is 0 Å². The number of likely N-dealkylation sites (N-methyl/N-ethyl adjacent to an activating group) is 1. The minimum Gasteiger partial charge on any atom is -0.355 e. The van der Waals surface area contributed by atoms with E-state index in [1.807, 2.05) is 19.2 Å². The van der Waals surface area contributed by atoms with Gasteiger partial charge in [0.15, 0.2) is 5.96 Å². The van der Waals surface area contributed by atoms with Crippen LogP contribution in [0.3, 0.4) is 0 Å². The summed E-state index contributed by atoms with van der Waals surface area (Å²) in [4.78, 5) is 6.67. The molecule has 0 saturated carbocycles. The summed E-state index contributed by atoms with van der Waals surface area (Å²) < 4.78 is 2.15. The molecule has 0 aliphatic heterocycles. The lowest BCUT2D eigenvalue weighted by Gasteiger charge is -2.25.